The first-order chi connectivity index (χ1) is 9.54. The van der Waals surface area contributed by atoms with E-state index in [0.29, 0.717) is 11.7 Å². The fourth-order valence-electron chi connectivity index (χ4n) is 2.35. The van der Waals surface area contributed by atoms with Gasteiger partial charge < -0.3 is 15.0 Å². The lowest BCUT2D eigenvalue weighted by molar-refractivity contribution is -0.127. The molecule has 4 nitrogen and oxygen atoms in total. The standard InChI is InChI=1S/C15H21BrN2O2/c1-11(20-14-5-3-13(16)4-6-14)15(19)17-9-12-7-8-18(2)10-12/h3-6,11-12H,7-10H2,1-2H3,(H,17,19). The lowest BCUT2D eigenvalue weighted by atomic mass is 10.1. The number of carbonyl (C=O) groups excluding carboxylic acids is 1. The molecule has 5 heteroatoms. The van der Waals surface area contributed by atoms with E-state index in [1.54, 1.807) is 6.92 Å². The van der Waals surface area contributed by atoms with Crippen LogP contribution in [0.4, 0.5) is 0 Å². The van der Waals surface area contributed by atoms with Crippen LogP contribution >= 0.6 is 15.9 Å². The van der Waals surface area contributed by atoms with Gasteiger partial charge in [0.2, 0.25) is 0 Å². The molecule has 1 heterocycles. The van der Waals surface area contributed by atoms with E-state index in [0.717, 1.165) is 30.5 Å². The minimum Gasteiger partial charge on any atom is -0.481 e. The first kappa shape index (κ1) is 15.3. The Hall–Kier alpha value is -1.07. The molecule has 1 aliphatic heterocycles. The second kappa shape index (κ2) is 7.09. The van der Waals surface area contributed by atoms with Crippen LogP contribution in [0.15, 0.2) is 28.7 Å². The Morgan fingerprint density at radius 1 is 1.50 bits per heavy atom. The average molecular weight is 341 g/mol. The second-order valence-corrected chi connectivity index (χ2v) is 6.29. The number of benzene rings is 1. The highest BCUT2D eigenvalue weighted by Crippen LogP contribution is 2.17. The fraction of sp³-hybridized carbons (Fsp3) is 0.533. The third-order valence-electron chi connectivity index (χ3n) is 3.55. The maximum atomic E-state index is 12.0. The Kier molecular flexibility index (Phi) is 5.43. The van der Waals surface area contributed by atoms with Crippen molar-refractivity contribution >= 4 is 21.8 Å². The number of ether oxygens (including phenoxy) is 1. The molecule has 110 valence electrons. The van der Waals surface area contributed by atoms with E-state index in [4.69, 9.17) is 4.74 Å². The summed E-state index contributed by atoms with van der Waals surface area (Å²) in [4.78, 5) is 14.3. The first-order valence-corrected chi connectivity index (χ1v) is 7.72. The van der Waals surface area contributed by atoms with Crippen molar-refractivity contribution < 1.29 is 9.53 Å². The third-order valence-corrected chi connectivity index (χ3v) is 4.08. The zero-order valence-electron chi connectivity index (χ0n) is 11.9. The highest BCUT2D eigenvalue weighted by Gasteiger charge is 2.21. The van der Waals surface area contributed by atoms with Gasteiger partial charge in [0.25, 0.3) is 5.91 Å². The zero-order valence-corrected chi connectivity index (χ0v) is 13.5. The largest absolute Gasteiger partial charge is 0.481 e. The molecule has 1 fully saturated rings. The van der Waals surface area contributed by atoms with Crippen LogP contribution in [-0.2, 0) is 4.79 Å². The van der Waals surface area contributed by atoms with Gasteiger partial charge in [0.1, 0.15) is 5.75 Å². The maximum Gasteiger partial charge on any atom is 0.260 e. The molecule has 0 aliphatic carbocycles. The summed E-state index contributed by atoms with van der Waals surface area (Å²) < 4.78 is 6.62. The Bertz CT molecular complexity index is 450. The van der Waals surface area contributed by atoms with Gasteiger partial charge in [0.05, 0.1) is 0 Å². The monoisotopic (exact) mass is 340 g/mol. The van der Waals surface area contributed by atoms with Crippen LogP contribution < -0.4 is 10.1 Å². The normalized spacial score (nSPS) is 20.6. The lowest BCUT2D eigenvalue weighted by Gasteiger charge is -2.17. The average Bonchev–Trinajstić information content (AvgIpc) is 2.84. The van der Waals surface area contributed by atoms with Crippen molar-refractivity contribution in [2.75, 3.05) is 26.7 Å². The molecule has 0 spiro atoms. The van der Waals surface area contributed by atoms with Crippen molar-refractivity contribution in [2.45, 2.75) is 19.4 Å². The summed E-state index contributed by atoms with van der Waals surface area (Å²) in [6, 6.07) is 7.49. The number of hydrogen-bond donors (Lipinski definition) is 1. The van der Waals surface area contributed by atoms with Crippen molar-refractivity contribution in [3.8, 4) is 5.75 Å². The summed E-state index contributed by atoms with van der Waals surface area (Å²) in [5.41, 5.74) is 0. The zero-order chi connectivity index (χ0) is 14.5. The highest BCUT2D eigenvalue weighted by molar-refractivity contribution is 9.10. The van der Waals surface area contributed by atoms with Crippen molar-refractivity contribution in [1.82, 2.24) is 10.2 Å². The number of nitrogens with one attached hydrogen (secondary N) is 1. The molecular formula is C15H21BrN2O2. The third kappa shape index (κ3) is 4.49. The maximum absolute atomic E-state index is 12.0. The molecular weight excluding hydrogens is 320 g/mol. The molecule has 2 unspecified atom stereocenters. The number of hydrogen-bond acceptors (Lipinski definition) is 3. The van der Waals surface area contributed by atoms with E-state index in [1.165, 1.54) is 0 Å². The minimum absolute atomic E-state index is 0.0533. The molecule has 20 heavy (non-hydrogen) atoms. The minimum atomic E-state index is -0.477. The highest BCUT2D eigenvalue weighted by atomic mass is 79.9. The molecule has 1 amide bonds. The van der Waals surface area contributed by atoms with E-state index < -0.39 is 6.10 Å². The Balaban J connectivity index is 1.75. The van der Waals surface area contributed by atoms with Crippen molar-refractivity contribution in [1.29, 1.82) is 0 Å². The number of amides is 1. The van der Waals surface area contributed by atoms with Gasteiger partial charge >= 0.3 is 0 Å². The van der Waals surface area contributed by atoms with Gasteiger partial charge in [0, 0.05) is 17.6 Å². The van der Waals surface area contributed by atoms with Crippen LogP contribution in [0.2, 0.25) is 0 Å². The first-order valence-electron chi connectivity index (χ1n) is 6.93. The van der Waals surface area contributed by atoms with Gasteiger partial charge in [-0.25, -0.2) is 0 Å². The smallest absolute Gasteiger partial charge is 0.260 e. The van der Waals surface area contributed by atoms with Crippen molar-refractivity contribution in [3.05, 3.63) is 28.7 Å². The van der Waals surface area contributed by atoms with Gasteiger partial charge in [-0.15, -0.1) is 0 Å². The molecule has 2 atom stereocenters. The predicted octanol–water partition coefficient (Wildman–Crippen LogP) is 2.28. The molecule has 1 saturated heterocycles. The summed E-state index contributed by atoms with van der Waals surface area (Å²) in [6.45, 7) is 4.68. The van der Waals surface area contributed by atoms with Crippen molar-refractivity contribution in [2.24, 2.45) is 5.92 Å². The van der Waals surface area contributed by atoms with E-state index in [1.807, 2.05) is 24.3 Å². The van der Waals surface area contributed by atoms with E-state index >= 15 is 0 Å². The van der Waals surface area contributed by atoms with E-state index in [9.17, 15) is 4.79 Å². The lowest BCUT2D eigenvalue weighted by Crippen LogP contribution is -2.39. The summed E-state index contributed by atoms with van der Waals surface area (Å²) in [7, 11) is 2.11. The molecule has 0 bridgehead atoms. The van der Waals surface area contributed by atoms with Crippen LogP contribution in [0.3, 0.4) is 0 Å². The number of nitrogens with zero attached hydrogens (tertiary/aromatic N) is 1. The van der Waals surface area contributed by atoms with Crippen LogP contribution in [0.25, 0.3) is 0 Å². The van der Waals surface area contributed by atoms with Crippen LogP contribution in [-0.4, -0.2) is 43.6 Å². The fourth-order valence-corrected chi connectivity index (χ4v) is 2.62. The molecule has 1 N–H and O–H groups in total. The number of likely N-dealkylation sites (tertiary alicyclic amines) is 1. The van der Waals surface area contributed by atoms with E-state index in [2.05, 4.69) is 33.2 Å². The van der Waals surface area contributed by atoms with Gasteiger partial charge in [-0.1, -0.05) is 15.9 Å². The molecule has 0 aromatic heterocycles. The topological polar surface area (TPSA) is 41.6 Å². The summed E-state index contributed by atoms with van der Waals surface area (Å²) in [5.74, 6) is 1.21. The molecule has 1 aliphatic rings. The van der Waals surface area contributed by atoms with E-state index in [-0.39, 0.29) is 5.91 Å². The Labute approximate surface area is 128 Å². The SMILES string of the molecule is CC(Oc1ccc(Br)cc1)C(=O)NCC1CCN(C)C1. The molecule has 0 saturated carbocycles. The van der Waals surface area contributed by atoms with Crippen LogP contribution in [0.1, 0.15) is 13.3 Å². The second-order valence-electron chi connectivity index (χ2n) is 5.38. The van der Waals surface area contributed by atoms with Gasteiger partial charge in [-0.2, -0.15) is 0 Å². The molecule has 2 rings (SSSR count). The van der Waals surface area contributed by atoms with Crippen LogP contribution in [0.5, 0.6) is 5.75 Å². The number of rotatable bonds is 5. The Morgan fingerprint density at radius 2 is 2.20 bits per heavy atom. The van der Waals surface area contributed by atoms with Gasteiger partial charge in [-0.05, 0) is 57.1 Å². The summed E-state index contributed by atoms with van der Waals surface area (Å²) in [5, 5.41) is 2.98. The van der Waals surface area contributed by atoms with Crippen LogP contribution in [0, 0.1) is 5.92 Å². The Morgan fingerprint density at radius 3 is 2.80 bits per heavy atom. The summed E-state index contributed by atoms with van der Waals surface area (Å²) >= 11 is 3.37. The summed E-state index contributed by atoms with van der Waals surface area (Å²) in [6.07, 6.45) is 0.675. The number of carbonyl (C=O) groups is 1. The predicted molar refractivity (Wildman–Crippen MR) is 82.8 cm³/mol. The number of halogens is 1. The van der Waals surface area contributed by atoms with Crippen molar-refractivity contribution in [3.63, 3.8) is 0 Å². The molecule has 0 radical (unpaired) electrons. The molecule has 1 aromatic rings. The molecule has 1 aromatic carbocycles. The van der Waals surface area contributed by atoms with Gasteiger partial charge in [-0.3, -0.25) is 4.79 Å². The van der Waals surface area contributed by atoms with Gasteiger partial charge in [0.15, 0.2) is 6.10 Å². The quantitative estimate of drug-likeness (QED) is 0.894.